The SMILES string of the molecule is CCC[C@@]1(O)CC[C@@]2(CC)c3ccc(C(=O)Cc4cccnc4C)cc3C(=O)CC[C@H]2C1.CCC[C@@]1(O)CC[C@@]2(CC)c3ccc(C(=O)Cc4cccnc4C)cc3C(O)CC[C@H]2C1. The van der Waals surface area contributed by atoms with E-state index in [2.05, 4.69) is 43.7 Å². The number of rotatable bonds is 12. The van der Waals surface area contributed by atoms with E-state index in [-0.39, 0.29) is 34.6 Å². The molecule has 342 valence electrons. The molecular formula is C56H72N2O6. The lowest BCUT2D eigenvalue weighted by molar-refractivity contribution is -0.0550. The molecule has 2 aromatic carbocycles. The van der Waals surface area contributed by atoms with Gasteiger partial charge < -0.3 is 15.3 Å². The Bertz CT molecular complexity index is 2340. The number of fused-ring (bicyclic) bond motifs is 6. The van der Waals surface area contributed by atoms with E-state index in [4.69, 9.17) is 0 Å². The monoisotopic (exact) mass is 869 g/mol. The fourth-order valence-electron chi connectivity index (χ4n) is 12.8. The molecule has 0 amide bonds. The van der Waals surface area contributed by atoms with E-state index < -0.39 is 17.3 Å². The van der Waals surface area contributed by atoms with Crippen molar-refractivity contribution in [2.24, 2.45) is 11.8 Å². The Kier molecular flexibility index (Phi) is 14.6. The van der Waals surface area contributed by atoms with Crippen molar-refractivity contribution in [1.82, 2.24) is 9.97 Å². The van der Waals surface area contributed by atoms with E-state index in [0.717, 1.165) is 129 Å². The van der Waals surface area contributed by atoms with Gasteiger partial charge >= 0.3 is 0 Å². The second-order valence-electron chi connectivity index (χ2n) is 20.1. The third-order valence-electron chi connectivity index (χ3n) is 16.5. The molecule has 0 radical (unpaired) electrons. The van der Waals surface area contributed by atoms with E-state index in [1.807, 2.05) is 68.4 Å². The van der Waals surface area contributed by atoms with Crippen molar-refractivity contribution >= 4 is 17.3 Å². The van der Waals surface area contributed by atoms with Gasteiger partial charge in [0.2, 0.25) is 0 Å². The van der Waals surface area contributed by atoms with Crippen molar-refractivity contribution in [3.8, 4) is 0 Å². The van der Waals surface area contributed by atoms with Crippen LogP contribution < -0.4 is 0 Å². The van der Waals surface area contributed by atoms with Gasteiger partial charge in [0, 0.05) is 59.7 Å². The fourth-order valence-corrected chi connectivity index (χ4v) is 12.8. The van der Waals surface area contributed by atoms with Crippen LogP contribution in [0.3, 0.4) is 0 Å². The van der Waals surface area contributed by atoms with Crippen LogP contribution >= 0.6 is 0 Å². The van der Waals surface area contributed by atoms with Crippen molar-refractivity contribution in [3.63, 3.8) is 0 Å². The van der Waals surface area contributed by atoms with Crippen molar-refractivity contribution in [2.45, 2.75) is 185 Å². The molecule has 8 nitrogen and oxygen atoms in total. The highest BCUT2D eigenvalue weighted by Gasteiger charge is 2.52. The summed E-state index contributed by atoms with van der Waals surface area (Å²) >= 11 is 0. The highest BCUT2D eigenvalue weighted by Crippen LogP contribution is 2.57. The summed E-state index contributed by atoms with van der Waals surface area (Å²) in [5.74, 6) is 0.858. The van der Waals surface area contributed by atoms with Gasteiger partial charge in [-0.05, 0) is 172 Å². The Balaban J connectivity index is 0.000000191. The summed E-state index contributed by atoms with van der Waals surface area (Å²) in [5, 5.41) is 33.5. The lowest BCUT2D eigenvalue weighted by Crippen LogP contribution is -2.47. The number of benzene rings is 2. The molecular weight excluding hydrogens is 797 g/mol. The van der Waals surface area contributed by atoms with E-state index in [9.17, 15) is 29.7 Å². The number of nitrogens with zero attached hydrogens (tertiary/aromatic N) is 2. The maximum Gasteiger partial charge on any atom is 0.167 e. The summed E-state index contributed by atoms with van der Waals surface area (Å²) in [5.41, 5.74) is 7.50. The van der Waals surface area contributed by atoms with E-state index in [1.165, 1.54) is 5.56 Å². The normalized spacial score (nSPS) is 28.5. The molecule has 4 aromatic rings. The number of hydrogen-bond donors (Lipinski definition) is 3. The first-order valence-corrected chi connectivity index (χ1v) is 24.5. The number of aliphatic hydroxyl groups excluding tert-OH is 1. The molecule has 0 spiro atoms. The second-order valence-corrected chi connectivity index (χ2v) is 20.1. The van der Waals surface area contributed by atoms with Crippen molar-refractivity contribution < 1.29 is 29.7 Å². The number of pyridine rings is 2. The molecule has 3 N–H and O–H groups in total. The summed E-state index contributed by atoms with van der Waals surface area (Å²) in [7, 11) is 0. The molecule has 0 bridgehead atoms. The molecule has 1 unspecified atom stereocenters. The van der Waals surface area contributed by atoms with Crippen LogP contribution in [0.25, 0.3) is 0 Å². The van der Waals surface area contributed by atoms with Gasteiger partial charge in [0.1, 0.15) is 0 Å². The van der Waals surface area contributed by atoms with Crippen LogP contribution in [0.5, 0.6) is 0 Å². The smallest absolute Gasteiger partial charge is 0.167 e. The molecule has 64 heavy (non-hydrogen) atoms. The molecule has 2 fully saturated rings. The standard InChI is InChI=1S/C28H37NO3.C28H35NO3/c2*1-4-12-27(32)13-14-28(5-2)22(18-27)9-11-25(30)23-16-21(8-10-24(23)28)26(31)17-20-7-6-15-29-19(20)3/h6-8,10,15-16,22,25,30,32H,4-5,9,11-14,17-18H2,1-3H3;6-8,10,15-16,22,32H,4-5,9,11-14,17-18H2,1-3H3/t22-,25?,27+,28+;22-,27+,28+/m00/s1. The first kappa shape index (κ1) is 47.6. The third kappa shape index (κ3) is 9.48. The Morgan fingerprint density at radius 3 is 1.67 bits per heavy atom. The molecule has 2 aromatic heterocycles. The predicted molar refractivity (Wildman–Crippen MR) is 253 cm³/mol. The Morgan fingerprint density at radius 1 is 0.656 bits per heavy atom. The van der Waals surface area contributed by atoms with Gasteiger partial charge in [-0.25, -0.2) is 0 Å². The fraction of sp³-hybridized carbons (Fsp3) is 0.554. The summed E-state index contributed by atoms with van der Waals surface area (Å²) in [6.07, 6.45) is 17.0. The zero-order chi connectivity index (χ0) is 45.9. The number of Topliss-reactive ketones (excluding diaryl/α,β-unsaturated/α-hetero) is 3. The van der Waals surface area contributed by atoms with Crippen LogP contribution in [0, 0.1) is 25.7 Å². The average molecular weight is 869 g/mol. The van der Waals surface area contributed by atoms with Crippen LogP contribution in [0.1, 0.15) is 207 Å². The quantitative estimate of drug-likeness (QED) is 0.120. The molecule has 7 atom stereocenters. The van der Waals surface area contributed by atoms with E-state index in [1.54, 1.807) is 12.4 Å². The largest absolute Gasteiger partial charge is 0.390 e. The maximum atomic E-state index is 13.2. The number of ketones is 3. The predicted octanol–water partition coefficient (Wildman–Crippen LogP) is 11.4. The summed E-state index contributed by atoms with van der Waals surface area (Å²) in [6.45, 7) is 12.5. The topological polar surface area (TPSA) is 138 Å². The van der Waals surface area contributed by atoms with Crippen LogP contribution in [0.2, 0.25) is 0 Å². The van der Waals surface area contributed by atoms with E-state index >= 15 is 0 Å². The van der Waals surface area contributed by atoms with Crippen LogP contribution in [0.4, 0.5) is 0 Å². The summed E-state index contributed by atoms with van der Waals surface area (Å²) in [6, 6.07) is 19.4. The minimum atomic E-state index is -0.608. The molecule has 2 saturated carbocycles. The second kappa shape index (κ2) is 19.6. The lowest BCUT2D eigenvalue weighted by atomic mass is 9.56. The van der Waals surface area contributed by atoms with Crippen molar-refractivity contribution in [1.29, 1.82) is 0 Å². The van der Waals surface area contributed by atoms with Gasteiger partial charge in [0.05, 0.1) is 17.3 Å². The summed E-state index contributed by atoms with van der Waals surface area (Å²) in [4.78, 5) is 47.9. The highest BCUT2D eigenvalue weighted by molar-refractivity contribution is 6.03. The minimum Gasteiger partial charge on any atom is -0.390 e. The Labute approximate surface area is 381 Å². The van der Waals surface area contributed by atoms with Crippen LogP contribution in [0.15, 0.2) is 73.1 Å². The maximum absolute atomic E-state index is 13.2. The number of aromatic nitrogens is 2. The van der Waals surface area contributed by atoms with Gasteiger partial charge in [-0.2, -0.15) is 0 Å². The average Bonchev–Trinajstić information content (AvgIpc) is 3.48. The molecule has 0 aliphatic heterocycles. The van der Waals surface area contributed by atoms with Gasteiger partial charge in [0.15, 0.2) is 17.3 Å². The molecule has 4 aliphatic rings. The molecule has 4 aliphatic carbocycles. The zero-order valence-electron chi connectivity index (χ0n) is 39.3. The first-order chi connectivity index (χ1) is 30.6. The number of carbonyl (C=O) groups excluding carboxylic acids is 3. The molecule has 8 rings (SSSR count). The number of hydrogen-bond acceptors (Lipinski definition) is 8. The molecule has 2 heterocycles. The third-order valence-corrected chi connectivity index (χ3v) is 16.5. The Morgan fingerprint density at radius 2 is 1.16 bits per heavy atom. The van der Waals surface area contributed by atoms with Crippen molar-refractivity contribution in [2.75, 3.05) is 0 Å². The van der Waals surface area contributed by atoms with Gasteiger partial charge in [-0.15, -0.1) is 0 Å². The van der Waals surface area contributed by atoms with Crippen LogP contribution in [-0.4, -0.2) is 53.8 Å². The van der Waals surface area contributed by atoms with E-state index in [0.29, 0.717) is 42.2 Å². The van der Waals surface area contributed by atoms with Gasteiger partial charge in [-0.1, -0.05) is 76.9 Å². The minimum absolute atomic E-state index is 0.0176. The highest BCUT2D eigenvalue weighted by atomic mass is 16.3. The lowest BCUT2D eigenvalue weighted by Gasteiger charge is -2.50. The summed E-state index contributed by atoms with van der Waals surface area (Å²) < 4.78 is 0. The molecule has 0 saturated heterocycles. The molecule has 8 heteroatoms. The van der Waals surface area contributed by atoms with Gasteiger partial charge in [0.25, 0.3) is 0 Å². The van der Waals surface area contributed by atoms with Crippen molar-refractivity contribution in [3.05, 3.63) is 129 Å². The number of aliphatic hydroxyl groups is 3. The zero-order valence-corrected chi connectivity index (χ0v) is 39.3. The number of carbonyl (C=O) groups is 3. The van der Waals surface area contributed by atoms with Crippen LogP contribution in [-0.2, 0) is 23.7 Å². The Hall–Kier alpha value is -4.37. The van der Waals surface area contributed by atoms with Gasteiger partial charge in [-0.3, -0.25) is 24.4 Å². The number of aryl methyl sites for hydroxylation is 2. The first-order valence-electron chi connectivity index (χ1n) is 24.5.